The first-order valence-electron chi connectivity index (χ1n) is 5.04. The van der Waals surface area contributed by atoms with E-state index in [2.05, 4.69) is 21.3 Å². The van der Waals surface area contributed by atoms with E-state index >= 15 is 0 Å². The Balaban J connectivity index is 2.32. The Morgan fingerprint density at radius 2 is 2.12 bits per heavy atom. The Kier molecular flexibility index (Phi) is 2.92. The highest BCUT2D eigenvalue weighted by Crippen LogP contribution is 2.21. The summed E-state index contributed by atoms with van der Waals surface area (Å²) in [5.74, 6) is 0.309. The molecule has 0 spiro atoms. The summed E-state index contributed by atoms with van der Waals surface area (Å²) >= 11 is 0. The van der Waals surface area contributed by atoms with Crippen molar-refractivity contribution < 1.29 is 0 Å². The third kappa shape index (κ3) is 2.18. The minimum absolute atomic E-state index is 0.309. The van der Waals surface area contributed by atoms with Crippen LogP contribution in [0.5, 0.6) is 0 Å². The molecule has 1 unspecified atom stereocenters. The molecule has 1 heterocycles. The number of nitrogens with zero attached hydrogens (tertiary/aromatic N) is 3. The molecule has 17 heavy (non-hydrogen) atoms. The molecule has 0 saturated carbocycles. The first-order valence-corrected chi connectivity index (χ1v) is 5.04. The van der Waals surface area contributed by atoms with Crippen molar-refractivity contribution in [3.63, 3.8) is 0 Å². The van der Waals surface area contributed by atoms with Crippen molar-refractivity contribution in [3.05, 3.63) is 46.6 Å². The standard InChI is InChI=1S/C11H11N5O/c1-16(8-5-3-2-4-6-8)9(7-12)10-13-11(17)15-14-10/h2-6,9H,1H3,(H2,13,14,15,17). The predicted molar refractivity (Wildman–Crippen MR) is 62.4 cm³/mol. The van der Waals surface area contributed by atoms with E-state index in [1.165, 1.54) is 0 Å². The summed E-state index contributed by atoms with van der Waals surface area (Å²) in [5.41, 5.74) is 0.463. The fraction of sp³-hybridized carbons (Fsp3) is 0.182. The van der Waals surface area contributed by atoms with Crippen LogP contribution in [0.2, 0.25) is 0 Å². The summed E-state index contributed by atoms with van der Waals surface area (Å²) in [6, 6.07) is 10.9. The molecule has 0 amide bonds. The topological polar surface area (TPSA) is 88.6 Å². The summed E-state index contributed by atoms with van der Waals surface area (Å²) < 4.78 is 0. The van der Waals surface area contributed by atoms with E-state index < -0.39 is 11.7 Å². The number of rotatable bonds is 3. The minimum atomic E-state index is -0.628. The summed E-state index contributed by atoms with van der Waals surface area (Å²) in [5, 5.41) is 15.2. The van der Waals surface area contributed by atoms with Gasteiger partial charge in [0, 0.05) is 12.7 Å². The van der Waals surface area contributed by atoms with Gasteiger partial charge in [0.15, 0.2) is 11.9 Å². The first-order chi connectivity index (χ1) is 8.22. The summed E-state index contributed by atoms with van der Waals surface area (Å²) in [6.45, 7) is 0. The lowest BCUT2D eigenvalue weighted by atomic mass is 10.2. The number of para-hydroxylation sites is 1. The third-order valence-electron chi connectivity index (χ3n) is 2.45. The van der Waals surface area contributed by atoms with Gasteiger partial charge < -0.3 is 4.90 Å². The van der Waals surface area contributed by atoms with Crippen LogP contribution in [0.1, 0.15) is 11.9 Å². The zero-order valence-electron chi connectivity index (χ0n) is 9.21. The van der Waals surface area contributed by atoms with E-state index in [9.17, 15) is 4.79 Å². The predicted octanol–water partition coefficient (Wildman–Crippen LogP) is 0.799. The van der Waals surface area contributed by atoms with E-state index in [0.717, 1.165) is 5.69 Å². The average molecular weight is 229 g/mol. The van der Waals surface area contributed by atoms with Gasteiger partial charge in [-0.25, -0.2) is 9.89 Å². The Morgan fingerprint density at radius 1 is 1.41 bits per heavy atom. The molecule has 6 nitrogen and oxygen atoms in total. The van der Waals surface area contributed by atoms with Crippen LogP contribution in [0.25, 0.3) is 0 Å². The monoisotopic (exact) mass is 229 g/mol. The van der Waals surface area contributed by atoms with Gasteiger partial charge in [-0.3, -0.25) is 4.98 Å². The van der Waals surface area contributed by atoms with Gasteiger partial charge in [0.1, 0.15) is 0 Å². The van der Waals surface area contributed by atoms with Gasteiger partial charge in [0.05, 0.1) is 6.07 Å². The maximum Gasteiger partial charge on any atom is 0.340 e. The average Bonchev–Trinajstić information content (AvgIpc) is 2.78. The van der Waals surface area contributed by atoms with Crippen LogP contribution in [0.4, 0.5) is 5.69 Å². The van der Waals surface area contributed by atoms with Crippen molar-refractivity contribution in [3.8, 4) is 6.07 Å². The highest BCUT2D eigenvalue weighted by molar-refractivity contribution is 5.48. The largest absolute Gasteiger partial charge is 0.353 e. The highest BCUT2D eigenvalue weighted by Gasteiger charge is 2.20. The summed E-state index contributed by atoms with van der Waals surface area (Å²) in [4.78, 5) is 15.2. The summed E-state index contributed by atoms with van der Waals surface area (Å²) in [7, 11) is 1.77. The lowest BCUT2D eigenvalue weighted by molar-refractivity contribution is 0.760. The number of hydrogen-bond acceptors (Lipinski definition) is 4. The minimum Gasteiger partial charge on any atom is -0.353 e. The van der Waals surface area contributed by atoms with Crippen molar-refractivity contribution in [2.24, 2.45) is 0 Å². The second-order valence-electron chi connectivity index (χ2n) is 3.54. The van der Waals surface area contributed by atoms with E-state index in [1.54, 1.807) is 11.9 Å². The van der Waals surface area contributed by atoms with Crippen LogP contribution in [0, 0.1) is 11.3 Å². The molecule has 2 N–H and O–H groups in total. The number of nitriles is 1. The lowest BCUT2D eigenvalue weighted by Crippen LogP contribution is -2.24. The second kappa shape index (κ2) is 4.53. The maximum atomic E-state index is 11.0. The number of H-pyrrole nitrogens is 2. The van der Waals surface area contributed by atoms with Crippen LogP contribution in [0.15, 0.2) is 35.1 Å². The molecule has 1 atom stereocenters. The fourth-order valence-electron chi connectivity index (χ4n) is 1.56. The first kappa shape index (κ1) is 11.0. The molecule has 2 aromatic rings. The quantitative estimate of drug-likeness (QED) is 0.814. The van der Waals surface area contributed by atoms with Gasteiger partial charge in [-0.1, -0.05) is 18.2 Å². The molecule has 0 aliphatic heterocycles. The van der Waals surface area contributed by atoms with Crippen molar-refractivity contribution >= 4 is 5.69 Å². The Hall–Kier alpha value is -2.55. The van der Waals surface area contributed by atoms with Crippen molar-refractivity contribution in [1.82, 2.24) is 15.2 Å². The van der Waals surface area contributed by atoms with Gasteiger partial charge in [0.2, 0.25) is 0 Å². The van der Waals surface area contributed by atoms with Crippen molar-refractivity contribution in [2.45, 2.75) is 6.04 Å². The van der Waals surface area contributed by atoms with E-state index in [4.69, 9.17) is 5.26 Å². The van der Waals surface area contributed by atoms with Crippen LogP contribution in [-0.4, -0.2) is 22.2 Å². The molecule has 0 radical (unpaired) electrons. The normalized spacial score (nSPS) is 11.8. The molecule has 0 aliphatic rings. The SMILES string of the molecule is CN(c1ccccc1)C(C#N)c1n[nH]c(=O)[nH]1. The zero-order chi connectivity index (χ0) is 12.3. The third-order valence-corrected chi connectivity index (χ3v) is 2.45. The van der Waals surface area contributed by atoms with E-state index in [0.29, 0.717) is 5.82 Å². The Bertz CT molecular complexity index is 580. The van der Waals surface area contributed by atoms with Gasteiger partial charge in [-0.15, -0.1) is 0 Å². The number of aromatic nitrogens is 3. The van der Waals surface area contributed by atoms with Crippen LogP contribution >= 0.6 is 0 Å². The molecule has 0 saturated heterocycles. The van der Waals surface area contributed by atoms with Gasteiger partial charge >= 0.3 is 5.69 Å². The maximum absolute atomic E-state index is 11.0. The van der Waals surface area contributed by atoms with Crippen LogP contribution < -0.4 is 10.6 Å². The van der Waals surface area contributed by atoms with Gasteiger partial charge in [-0.05, 0) is 12.1 Å². The molecule has 1 aromatic heterocycles. The van der Waals surface area contributed by atoms with Gasteiger partial charge in [-0.2, -0.15) is 10.4 Å². The molecule has 6 heteroatoms. The smallest absolute Gasteiger partial charge is 0.340 e. The fourth-order valence-corrected chi connectivity index (χ4v) is 1.56. The zero-order valence-corrected chi connectivity index (χ0v) is 9.21. The number of aromatic amines is 2. The van der Waals surface area contributed by atoms with Crippen LogP contribution in [-0.2, 0) is 0 Å². The molecule has 0 fully saturated rings. The number of nitrogens with one attached hydrogen (secondary N) is 2. The molecule has 0 aliphatic carbocycles. The molecular weight excluding hydrogens is 218 g/mol. The molecule has 1 aromatic carbocycles. The number of anilines is 1. The molecule has 86 valence electrons. The molecular formula is C11H11N5O. The lowest BCUT2D eigenvalue weighted by Gasteiger charge is -2.22. The Morgan fingerprint density at radius 3 is 2.65 bits per heavy atom. The molecule has 2 rings (SSSR count). The van der Waals surface area contributed by atoms with Crippen LogP contribution in [0.3, 0.4) is 0 Å². The van der Waals surface area contributed by atoms with Gasteiger partial charge in [0.25, 0.3) is 0 Å². The number of hydrogen-bond donors (Lipinski definition) is 2. The highest BCUT2D eigenvalue weighted by atomic mass is 16.1. The van der Waals surface area contributed by atoms with Crippen molar-refractivity contribution in [2.75, 3.05) is 11.9 Å². The van der Waals surface area contributed by atoms with E-state index in [-0.39, 0.29) is 0 Å². The number of benzene rings is 1. The van der Waals surface area contributed by atoms with Crippen molar-refractivity contribution in [1.29, 1.82) is 5.26 Å². The molecule has 0 bridgehead atoms. The second-order valence-corrected chi connectivity index (χ2v) is 3.54. The van der Waals surface area contributed by atoms with E-state index in [1.807, 2.05) is 30.3 Å². The Labute approximate surface area is 97.5 Å². The summed E-state index contributed by atoms with van der Waals surface area (Å²) in [6.07, 6.45) is 0.